The Kier molecular flexibility index (Phi) is 6.29. The smallest absolute Gasteiger partial charge is 0.338 e. The van der Waals surface area contributed by atoms with Crippen molar-refractivity contribution in [3.8, 4) is 11.4 Å². The topological polar surface area (TPSA) is 97.6 Å². The van der Waals surface area contributed by atoms with Crippen LogP contribution in [-0.2, 0) is 9.53 Å². The standard InChI is InChI=1S/C22H21ClN4O4/c1-2-30-22(29)14-6-8-18(9-7-14)24-19(28)13-27-11-16(12-27)21-25-20(26-31-21)15-4-3-5-17(23)10-15/h3-10,16H,2,11-13H2,1H3,(H,24,28). The Hall–Kier alpha value is -3.23. The first-order valence-corrected chi connectivity index (χ1v) is 10.3. The van der Waals surface area contributed by atoms with Gasteiger partial charge in [0.25, 0.3) is 0 Å². The average Bonchev–Trinajstić information content (AvgIpc) is 3.21. The summed E-state index contributed by atoms with van der Waals surface area (Å²) in [5.74, 6) is 0.636. The third kappa shape index (κ3) is 5.10. The first-order chi connectivity index (χ1) is 15.0. The summed E-state index contributed by atoms with van der Waals surface area (Å²) in [6, 6.07) is 13.9. The van der Waals surface area contributed by atoms with Crippen molar-refractivity contribution in [3.05, 3.63) is 65.0 Å². The maximum Gasteiger partial charge on any atom is 0.338 e. The maximum atomic E-state index is 12.3. The highest BCUT2D eigenvalue weighted by Crippen LogP contribution is 2.28. The van der Waals surface area contributed by atoms with Crippen LogP contribution in [0.5, 0.6) is 0 Å². The van der Waals surface area contributed by atoms with E-state index in [4.69, 9.17) is 20.9 Å². The number of esters is 1. The molecule has 1 aliphatic heterocycles. The van der Waals surface area contributed by atoms with Crippen LogP contribution < -0.4 is 5.32 Å². The molecular weight excluding hydrogens is 420 g/mol. The van der Waals surface area contributed by atoms with Crippen molar-refractivity contribution in [2.75, 3.05) is 31.6 Å². The third-order valence-electron chi connectivity index (χ3n) is 4.88. The lowest BCUT2D eigenvalue weighted by molar-refractivity contribution is -0.118. The second-order valence-corrected chi connectivity index (χ2v) is 7.64. The molecule has 1 aromatic heterocycles. The van der Waals surface area contributed by atoms with Gasteiger partial charge in [-0.1, -0.05) is 28.9 Å². The predicted octanol–water partition coefficient (Wildman–Crippen LogP) is 3.60. The van der Waals surface area contributed by atoms with Crippen LogP contribution in [0.1, 0.15) is 29.1 Å². The number of halogens is 1. The minimum atomic E-state index is -0.383. The van der Waals surface area contributed by atoms with Gasteiger partial charge < -0.3 is 14.6 Å². The lowest BCUT2D eigenvalue weighted by Gasteiger charge is -2.36. The molecule has 1 amide bonds. The van der Waals surface area contributed by atoms with Crippen LogP contribution in [0.25, 0.3) is 11.4 Å². The van der Waals surface area contributed by atoms with Crippen molar-refractivity contribution in [3.63, 3.8) is 0 Å². The number of ether oxygens (including phenoxy) is 1. The largest absolute Gasteiger partial charge is 0.462 e. The monoisotopic (exact) mass is 440 g/mol. The number of hydrogen-bond acceptors (Lipinski definition) is 7. The molecule has 1 N–H and O–H groups in total. The normalized spacial score (nSPS) is 14.1. The van der Waals surface area contributed by atoms with Crippen LogP contribution in [0, 0.1) is 0 Å². The number of benzene rings is 2. The molecule has 0 saturated carbocycles. The fraction of sp³-hybridized carbons (Fsp3) is 0.273. The minimum Gasteiger partial charge on any atom is -0.462 e. The molecule has 0 unspecified atom stereocenters. The number of amides is 1. The molecule has 1 fully saturated rings. The van der Waals surface area contributed by atoms with E-state index >= 15 is 0 Å². The second-order valence-electron chi connectivity index (χ2n) is 7.20. The summed E-state index contributed by atoms with van der Waals surface area (Å²) < 4.78 is 10.3. The van der Waals surface area contributed by atoms with E-state index in [1.165, 1.54) is 0 Å². The van der Waals surface area contributed by atoms with Gasteiger partial charge in [0.15, 0.2) is 0 Å². The Morgan fingerprint density at radius 3 is 2.71 bits per heavy atom. The van der Waals surface area contributed by atoms with E-state index in [0.717, 1.165) is 5.56 Å². The molecule has 31 heavy (non-hydrogen) atoms. The van der Waals surface area contributed by atoms with Crippen LogP contribution in [0.15, 0.2) is 53.1 Å². The van der Waals surface area contributed by atoms with Crippen LogP contribution in [0.3, 0.4) is 0 Å². The Balaban J connectivity index is 1.25. The number of aromatic nitrogens is 2. The summed E-state index contributed by atoms with van der Waals surface area (Å²) in [6.07, 6.45) is 0. The van der Waals surface area contributed by atoms with Crippen molar-refractivity contribution in [2.24, 2.45) is 0 Å². The summed E-state index contributed by atoms with van der Waals surface area (Å²) in [5, 5.41) is 7.47. The van der Waals surface area contributed by atoms with Gasteiger partial charge in [0.05, 0.1) is 24.6 Å². The summed E-state index contributed by atoms with van der Waals surface area (Å²) >= 11 is 6.01. The van der Waals surface area contributed by atoms with Gasteiger partial charge in [0.1, 0.15) is 0 Å². The molecule has 0 bridgehead atoms. The molecule has 0 radical (unpaired) electrons. The number of anilines is 1. The molecule has 9 heteroatoms. The number of carbonyl (C=O) groups excluding carboxylic acids is 2. The number of nitrogens with one attached hydrogen (secondary N) is 1. The van der Waals surface area contributed by atoms with Crippen molar-refractivity contribution >= 4 is 29.2 Å². The van der Waals surface area contributed by atoms with E-state index in [0.29, 0.717) is 47.7 Å². The van der Waals surface area contributed by atoms with Crippen LogP contribution >= 0.6 is 11.6 Å². The lowest BCUT2D eigenvalue weighted by atomic mass is 10.0. The predicted molar refractivity (Wildman–Crippen MR) is 115 cm³/mol. The van der Waals surface area contributed by atoms with Gasteiger partial charge in [-0.05, 0) is 43.3 Å². The molecule has 4 rings (SSSR count). The number of likely N-dealkylation sites (tertiary alicyclic amines) is 1. The van der Waals surface area contributed by atoms with E-state index in [1.807, 2.05) is 17.0 Å². The fourth-order valence-electron chi connectivity index (χ4n) is 3.31. The average molecular weight is 441 g/mol. The van der Waals surface area contributed by atoms with E-state index in [2.05, 4.69) is 15.5 Å². The van der Waals surface area contributed by atoms with Gasteiger partial charge >= 0.3 is 5.97 Å². The van der Waals surface area contributed by atoms with Crippen molar-refractivity contribution < 1.29 is 18.8 Å². The molecule has 1 saturated heterocycles. The Bertz CT molecular complexity index is 1080. The van der Waals surface area contributed by atoms with Crippen LogP contribution in [0.2, 0.25) is 5.02 Å². The van der Waals surface area contributed by atoms with Gasteiger partial charge in [0, 0.05) is 29.4 Å². The SMILES string of the molecule is CCOC(=O)c1ccc(NC(=O)CN2CC(c3nc(-c4cccc(Cl)c4)no3)C2)cc1. The summed E-state index contributed by atoms with van der Waals surface area (Å²) in [5.41, 5.74) is 1.87. The highest BCUT2D eigenvalue weighted by Gasteiger charge is 2.33. The number of nitrogens with zero attached hydrogens (tertiary/aromatic N) is 3. The Morgan fingerprint density at radius 1 is 1.23 bits per heavy atom. The molecule has 2 heterocycles. The van der Waals surface area contributed by atoms with E-state index in [-0.39, 0.29) is 24.3 Å². The molecular formula is C22H21ClN4O4. The van der Waals surface area contributed by atoms with Gasteiger partial charge in [-0.2, -0.15) is 4.98 Å². The zero-order valence-electron chi connectivity index (χ0n) is 16.9. The molecule has 1 aliphatic rings. The van der Waals surface area contributed by atoms with Crippen molar-refractivity contribution in [1.82, 2.24) is 15.0 Å². The van der Waals surface area contributed by atoms with E-state index in [9.17, 15) is 9.59 Å². The summed E-state index contributed by atoms with van der Waals surface area (Å²) in [4.78, 5) is 30.4. The first-order valence-electron chi connectivity index (χ1n) is 9.90. The molecule has 0 spiro atoms. The molecule has 0 aliphatic carbocycles. The van der Waals surface area contributed by atoms with Gasteiger partial charge in [-0.25, -0.2) is 4.79 Å². The highest BCUT2D eigenvalue weighted by molar-refractivity contribution is 6.30. The van der Waals surface area contributed by atoms with Crippen LogP contribution in [0.4, 0.5) is 5.69 Å². The summed E-state index contributed by atoms with van der Waals surface area (Å²) in [6.45, 7) is 3.65. The second kappa shape index (κ2) is 9.28. The maximum absolute atomic E-state index is 12.3. The molecule has 3 aromatic rings. The van der Waals surface area contributed by atoms with Gasteiger partial charge in [0.2, 0.25) is 17.6 Å². The number of carbonyl (C=O) groups is 2. The van der Waals surface area contributed by atoms with E-state index < -0.39 is 0 Å². The van der Waals surface area contributed by atoms with Crippen molar-refractivity contribution in [2.45, 2.75) is 12.8 Å². The molecule has 160 valence electrons. The molecule has 0 atom stereocenters. The Labute approximate surface area is 184 Å². The fourth-order valence-corrected chi connectivity index (χ4v) is 3.50. The van der Waals surface area contributed by atoms with Gasteiger partial charge in [-0.3, -0.25) is 9.69 Å². The first kappa shape index (κ1) is 21.0. The van der Waals surface area contributed by atoms with Crippen molar-refractivity contribution in [1.29, 1.82) is 0 Å². The number of rotatable bonds is 7. The third-order valence-corrected chi connectivity index (χ3v) is 5.11. The van der Waals surface area contributed by atoms with Gasteiger partial charge in [-0.15, -0.1) is 0 Å². The summed E-state index contributed by atoms with van der Waals surface area (Å²) in [7, 11) is 0. The highest BCUT2D eigenvalue weighted by atomic mass is 35.5. The minimum absolute atomic E-state index is 0.0945. The molecule has 2 aromatic carbocycles. The molecule has 8 nitrogen and oxygen atoms in total. The van der Waals surface area contributed by atoms with E-state index in [1.54, 1.807) is 43.3 Å². The zero-order chi connectivity index (χ0) is 21.8. The van der Waals surface area contributed by atoms with Crippen LogP contribution in [-0.4, -0.2) is 53.2 Å². The Morgan fingerprint density at radius 2 is 2.00 bits per heavy atom. The zero-order valence-corrected chi connectivity index (χ0v) is 17.6. The quantitative estimate of drug-likeness (QED) is 0.560. The number of hydrogen-bond donors (Lipinski definition) is 1. The lowest BCUT2D eigenvalue weighted by Crippen LogP contribution is -2.48.